The first-order chi connectivity index (χ1) is 7.63. The van der Waals surface area contributed by atoms with E-state index in [4.69, 9.17) is 4.42 Å². The number of hydrogen-bond acceptors (Lipinski definition) is 2. The fourth-order valence-electron chi connectivity index (χ4n) is 1.93. The van der Waals surface area contributed by atoms with Crippen molar-refractivity contribution >= 4 is 11.0 Å². The molecular weight excluding hydrogens is 198 g/mol. The second kappa shape index (κ2) is 4.30. The van der Waals surface area contributed by atoms with Gasteiger partial charge in [-0.05, 0) is 30.3 Å². The Kier molecular flexibility index (Phi) is 3.01. The first-order valence-corrected chi connectivity index (χ1v) is 5.82. The molecule has 2 heteroatoms. The molecule has 0 unspecified atom stereocenters. The van der Waals surface area contributed by atoms with Gasteiger partial charge in [-0.15, -0.1) is 0 Å². The fourth-order valence-corrected chi connectivity index (χ4v) is 1.93. The normalized spacial score (nSPS) is 12.2. The Bertz CT molecular complexity index is 470. The first kappa shape index (κ1) is 11.2. The molecule has 0 saturated carbocycles. The molecule has 2 aromatic rings. The van der Waals surface area contributed by atoms with Crippen molar-refractivity contribution in [3.63, 3.8) is 0 Å². The first-order valence-electron chi connectivity index (χ1n) is 5.82. The van der Waals surface area contributed by atoms with Gasteiger partial charge in [-0.1, -0.05) is 26.8 Å². The van der Waals surface area contributed by atoms with Crippen molar-refractivity contribution in [3.05, 3.63) is 36.1 Å². The lowest BCUT2D eigenvalue weighted by molar-refractivity contribution is 0.478. The molecule has 16 heavy (non-hydrogen) atoms. The molecule has 0 aliphatic rings. The zero-order valence-electron chi connectivity index (χ0n) is 10.2. The molecule has 0 aliphatic heterocycles. The zero-order chi connectivity index (χ0) is 11.6. The molecule has 0 fully saturated rings. The summed E-state index contributed by atoms with van der Waals surface area (Å²) in [5.41, 5.74) is 2.46. The van der Waals surface area contributed by atoms with Gasteiger partial charge < -0.3 is 9.73 Å². The third-order valence-corrected chi connectivity index (χ3v) is 3.05. The average Bonchev–Trinajstić information content (AvgIpc) is 2.73. The molecule has 1 N–H and O–H groups in total. The largest absolute Gasteiger partial charge is 0.464 e. The topological polar surface area (TPSA) is 25.2 Å². The van der Waals surface area contributed by atoms with Gasteiger partial charge in [0.05, 0.1) is 6.26 Å². The fraction of sp³-hybridized carbons (Fsp3) is 0.429. The number of likely N-dealkylation sites (N-methyl/N-ethyl adjacent to an activating group) is 1. The average molecular weight is 217 g/mol. The molecule has 0 saturated heterocycles. The van der Waals surface area contributed by atoms with E-state index in [0.29, 0.717) is 0 Å². The lowest BCUT2D eigenvalue weighted by Crippen LogP contribution is -2.32. The highest BCUT2D eigenvalue weighted by atomic mass is 16.3. The van der Waals surface area contributed by atoms with Crippen LogP contribution in [0.2, 0.25) is 0 Å². The summed E-state index contributed by atoms with van der Waals surface area (Å²) in [5, 5.41) is 4.59. The highest BCUT2D eigenvalue weighted by molar-refractivity contribution is 5.78. The van der Waals surface area contributed by atoms with Crippen LogP contribution >= 0.6 is 0 Å². The van der Waals surface area contributed by atoms with E-state index in [1.807, 2.05) is 6.07 Å². The molecular formula is C14H19NO. The van der Waals surface area contributed by atoms with Crippen molar-refractivity contribution < 1.29 is 4.42 Å². The Morgan fingerprint density at radius 3 is 2.81 bits per heavy atom. The van der Waals surface area contributed by atoms with Gasteiger partial charge >= 0.3 is 0 Å². The van der Waals surface area contributed by atoms with E-state index in [-0.39, 0.29) is 5.41 Å². The van der Waals surface area contributed by atoms with E-state index in [1.165, 1.54) is 10.9 Å². The van der Waals surface area contributed by atoms with Crippen molar-refractivity contribution in [2.45, 2.75) is 26.2 Å². The second-order valence-corrected chi connectivity index (χ2v) is 4.84. The van der Waals surface area contributed by atoms with Crippen LogP contribution in [-0.2, 0) is 5.41 Å². The number of hydrogen-bond donors (Lipinski definition) is 1. The van der Waals surface area contributed by atoms with Gasteiger partial charge in [-0.25, -0.2) is 0 Å². The summed E-state index contributed by atoms with van der Waals surface area (Å²) >= 11 is 0. The predicted molar refractivity (Wildman–Crippen MR) is 67.8 cm³/mol. The Balaban J connectivity index is 2.30. The van der Waals surface area contributed by atoms with Gasteiger partial charge in [0.2, 0.25) is 0 Å². The van der Waals surface area contributed by atoms with E-state index in [1.54, 1.807) is 6.26 Å². The van der Waals surface area contributed by atoms with Crippen LogP contribution in [0.25, 0.3) is 11.0 Å². The van der Waals surface area contributed by atoms with Gasteiger partial charge in [-0.3, -0.25) is 0 Å². The van der Waals surface area contributed by atoms with E-state index in [0.717, 1.165) is 18.7 Å². The van der Waals surface area contributed by atoms with Crippen LogP contribution in [0.1, 0.15) is 26.3 Å². The van der Waals surface area contributed by atoms with Gasteiger partial charge in [0.1, 0.15) is 5.58 Å². The third kappa shape index (κ3) is 2.12. The van der Waals surface area contributed by atoms with Gasteiger partial charge in [-0.2, -0.15) is 0 Å². The molecule has 1 heterocycles. The van der Waals surface area contributed by atoms with Crippen LogP contribution in [0.3, 0.4) is 0 Å². The number of nitrogens with one attached hydrogen (secondary N) is 1. The maximum absolute atomic E-state index is 5.35. The molecule has 0 amide bonds. The Labute approximate surface area is 96.6 Å². The maximum Gasteiger partial charge on any atom is 0.133 e. The van der Waals surface area contributed by atoms with E-state index in [9.17, 15) is 0 Å². The van der Waals surface area contributed by atoms with Crippen LogP contribution < -0.4 is 5.32 Å². The summed E-state index contributed by atoms with van der Waals surface area (Å²) in [7, 11) is 0. The minimum atomic E-state index is 0.154. The van der Waals surface area contributed by atoms with Gasteiger partial charge in [0.25, 0.3) is 0 Å². The van der Waals surface area contributed by atoms with Crippen molar-refractivity contribution in [1.29, 1.82) is 0 Å². The van der Waals surface area contributed by atoms with E-state index < -0.39 is 0 Å². The SMILES string of the molecule is CCNCC(C)(C)c1ccc2occc2c1. The Hall–Kier alpha value is -1.28. The summed E-state index contributed by atoms with van der Waals surface area (Å²) in [5.74, 6) is 0. The maximum atomic E-state index is 5.35. The number of furan rings is 1. The van der Waals surface area contributed by atoms with E-state index >= 15 is 0 Å². The lowest BCUT2D eigenvalue weighted by Gasteiger charge is -2.25. The van der Waals surface area contributed by atoms with Crippen LogP contribution in [0.15, 0.2) is 34.9 Å². The number of benzene rings is 1. The summed E-state index contributed by atoms with van der Waals surface area (Å²) < 4.78 is 5.35. The molecule has 0 radical (unpaired) electrons. The lowest BCUT2D eigenvalue weighted by atomic mass is 9.84. The third-order valence-electron chi connectivity index (χ3n) is 3.05. The zero-order valence-corrected chi connectivity index (χ0v) is 10.2. The minimum absolute atomic E-state index is 0.154. The van der Waals surface area contributed by atoms with Crippen molar-refractivity contribution in [2.24, 2.45) is 0 Å². The molecule has 0 spiro atoms. The summed E-state index contributed by atoms with van der Waals surface area (Å²) in [6.45, 7) is 8.66. The molecule has 0 bridgehead atoms. The smallest absolute Gasteiger partial charge is 0.133 e. The predicted octanol–water partition coefficient (Wildman–Crippen LogP) is 3.32. The number of fused-ring (bicyclic) bond motifs is 1. The highest BCUT2D eigenvalue weighted by Crippen LogP contribution is 2.26. The summed E-state index contributed by atoms with van der Waals surface area (Å²) in [4.78, 5) is 0. The van der Waals surface area contributed by atoms with Crippen molar-refractivity contribution in [1.82, 2.24) is 5.32 Å². The van der Waals surface area contributed by atoms with Crippen LogP contribution in [0.4, 0.5) is 0 Å². The summed E-state index contributed by atoms with van der Waals surface area (Å²) in [6, 6.07) is 8.44. The Morgan fingerprint density at radius 2 is 2.06 bits per heavy atom. The standard InChI is InChI=1S/C14H19NO/c1-4-15-10-14(2,3)12-5-6-13-11(9-12)7-8-16-13/h5-9,15H,4,10H2,1-3H3. The summed E-state index contributed by atoms with van der Waals surface area (Å²) in [6.07, 6.45) is 1.74. The molecule has 1 aromatic carbocycles. The quantitative estimate of drug-likeness (QED) is 0.850. The van der Waals surface area contributed by atoms with Crippen molar-refractivity contribution in [2.75, 3.05) is 13.1 Å². The molecule has 2 nitrogen and oxygen atoms in total. The van der Waals surface area contributed by atoms with E-state index in [2.05, 4.69) is 44.3 Å². The monoisotopic (exact) mass is 217 g/mol. The van der Waals surface area contributed by atoms with Gasteiger partial charge in [0.15, 0.2) is 0 Å². The molecule has 86 valence electrons. The van der Waals surface area contributed by atoms with Crippen LogP contribution in [0.5, 0.6) is 0 Å². The molecule has 2 rings (SSSR count). The number of rotatable bonds is 4. The molecule has 0 aliphatic carbocycles. The Morgan fingerprint density at radius 1 is 1.25 bits per heavy atom. The second-order valence-electron chi connectivity index (χ2n) is 4.84. The molecule has 1 aromatic heterocycles. The highest BCUT2D eigenvalue weighted by Gasteiger charge is 2.20. The molecule has 0 atom stereocenters. The van der Waals surface area contributed by atoms with Crippen LogP contribution in [-0.4, -0.2) is 13.1 Å². The van der Waals surface area contributed by atoms with Gasteiger partial charge in [0, 0.05) is 17.3 Å². The minimum Gasteiger partial charge on any atom is -0.464 e. The van der Waals surface area contributed by atoms with Crippen LogP contribution in [0, 0.1) is 0 Å². The van der Waals surface area contributed by atoms with Crippen molar-refractivity contribution in [3.8, 4) is 0 Å².